The molecule has 0 radical (unpaired) electrons. The Kier molecular flexibility index (Phi) is 6.46. The fourth-order valence-corrected chi connectivity index (χ4v) is 5.03. The summed E-state index contributed by atoms with van der Waals surface area (Å²) < 4.78 is 14.3. The standard InChI is InChI=1S/C28H31ClN6O2/c1-19-7-10-30-20(15-19)17-35-25(33-24-26(35)31-18-32-27(24)37-28(2)8-9-28)22-6-5-21(16-23(22)29)36-14-13-34-11-3-4-12-34/h5-7,10,15-16,18H,3-4,8-9,11-14,17H2,1-2H3. The molecule has 0 N–H and O–H groups in total. The number of halogens is 1. The lowest BCUT2D eigenvalue weighted by atomic mass is 10.2. The van der Waals surface area contributed by atoms with E-state index in [4.69, 9.17) is 26.1 Å². The molecule has 37 heavy (non-hydrogen) atoms. The quantitative estimate of drug-likeness (QED) is 0.297. The second kappa shape index (κ2) is 9.91. The summed E-state index contributed by atoms with van der Waals surface area (Å²) in [5, 5.41) is 0.567. The first-order chi connectivity index (χ1) is 18.0. The van der Waals surface area contributed by atoms with Gasteiger partial charge in [-0.15, -0.1) is 0 Å². The summed E-state index contributed by atoms with van der Waals surface area (Å²) in [7, 11) is 0. The Hall–Kier alpha value is -3.23. The van der Waals surface area contributed by atoms with Gasteiger partial charge in [-0.25, -0.2) is 9.97 Å². The van der Waals surface area contributed by atoms with E-state index in [1.54, 1.807) is 0 Å². The number of hydrogen-bond acceptors (Lipinski definition) is 7. The van der Waals surface area contributed by atoms with Crippen molar-refractivity contribution in [1.82, 2.24) is 29.4 Å². The van der Waals surface area contributed by atoms with E-state index in [1.165, 1.54) is 19.2 Å². The van der Waals surface area contributed by atoms with Gasteiger partial charge in [0.25, 0.3) is 0 Å². The molecule has 1 aliphatic heterocycles. The molecular formula is C28H31ClN6O2. The smallest absolute Gasteiger partial charge is 0.245 e. The van der Waals surface area contributed by atoms with E-state index >= 15 is 0 Å². The minimum Gasteiger partial charge on any atom is -0.492 e. The molecule has 0 atom stereocenters. The van der Waals surface area contributed by atoms with Crippen molar-refractivity contribution < 1.29 is 9.47 Å². The van der Waals surface area contributed by atoms with Crippen LogP contribution in [0.3, 0.4) is 0 Å². The van der Waals surface area contributed by atoms with Crippen molar-refractivity contribution in [2.75, 3.05) is 26.2 Å². The summed E-state index contributed by atoms with van der Waals surface area (Å²) in [4.78, 5) is 21.0. The minimum atomic E-state index is -0.185. The van der Waals surface area contributed by atoms with Crippen LogP contribution >= 0.6 is 11.6 Å². The van der Waals surface area contributed by atoms with Crippen LogP contribution in [0.15, 0.2) is 42.9 Å². The number of nitrogens with zero attached hydrogens (tertiary/aromatic N) is 6. The zero-order valence-electron chi connectivity index (χ0n) is 21.3. The first kappa shape index (κ1) is 24.1. The molecule has 1 aliphatic carbocycles. The molecule has 1 saturated heterocycles. The lowest BCUT2D eigenvalue weighted by Gasteiger charge is -2.15. The molecule has 9 heteroatoms. The van der Waals surface area contributed by atoms with E-state index in [-0.39, 0.29) is 5.60 Å². The van der Waals surface area contributed by atoms with E-state index in [0.29, 0.717) is 41.0 Å². The van der Waals surface area contributed by atoms with Crippen LogP contribution in [0.2, 0.25) is 5.02 Å². The molecule has 4 aromatic rings. The number of hydrogen-bond donors (Lipinski definition) is 0. The molecular weight excluding hydrogens is 488 g/mol. The third kappa shape index (κ3) is 5.26. The number of ether oxygens (including phenoxy) is 2. The summed E-state index contributed by atoms with van der Waals surface area (Å²) in [6.45, 7) is 8.52. The first-order valence-electron chi connectivity index (χ1n) is 12.9. The molecule has 6 rings (SSSR count). The molecule has 1 aromatic carbocycles. The van der Waals surface area contributed by atoms with Gasteiger partial charge in [-0.05, 0) is 88.5 Å². The Bertz CT molecular complexity index is 1430. The molecule has 4 heterocycles. The van der Waals surface area contributed by atoms with Gasteiger partial charge in [0.2, 0.25) is 5.88 Å². The van der Waals surface area contributed by atoms with Crippen LogP contribution in [0.1, 0.15) is 43.9 Å². The Balaban J connectivity index is 1.35. The summed E-state index contributed by atoms with van der Waals surface area (Å²) in [5.41, 5.74) is 3.98. The van der Waals surface area contributed by atoms with Crippen LogP contribution < -0.4 is 9.47 Å². The first-order valence-corrected chi connectivity index (χ1v) is 13.3. The normalized spacial score (nSPS) is 16.8. The minimum absolute atomic E-state index is 0.185. The largest absolute Gasteiger partial charge is 0.492 e. The van der Waals surface area contributed by atoms with Gasteiger partial charge in [0.05, 0.1) is 17.3 Å². The fraction of sp³-hybridized carbons (Fsp3) is 0.429. The van der Waals surface area contributed by atoms with Gasteiger partial charge in [-0.1, -0.05) is 11.6 Å². The van der Waals surface area contributed by atoms with Crippen LogP contribution in [0.5, 0.6) is 11.6 Å². The van der Waals surface area contributed by atoms with Crippen LogP contribution in [0.4, 0.5) is 0 Å². The van der Waals surface area contributed by atoms with Gasteiger partial charge >= 0.3 is 0 Å². The topological polar surface area (TPSA) is 78.2 Å². The number of fused-ring (bicyclic) bond motifs is 1. The van der Waals surface area contributed by atoms with Gasteiger partial charge in [-0.3, -0.25) is 9.88 Å². The Morgan fingerprint density at radius 1 is 1.05 bits per heavy atom. The van der Waals surface area contributed by atoms with Gasteiger partial charge in [-0.2, -0.15) is 4.98 Å². The van der Waals surface area contributed by atoms with E-state index in [9.17, 15) is 0 Å². The molecule has 3 aromatic heterocycles. The lowest BCUT2D eigenvalue weighted by Crippen LogP contribution is -2.25. The van der Waals surface area contributed by atoms with E-state index in [2.05, 4.69) is 39.8 Å². The predicted molar refractivity (Wildman–Crippen MR) is 143 cm³/mol. The molecule has 2 fully saturated rings. The van der Waals surface area contributed by atoms with Crippen molar-refractivity contribution in [3.05, 3.63) is 59.1 Å². The third-order valence-corrected chi connectivity index (χ3v) is 7.46. The van der Waals surface area contributed by atoms with E-state index < -0.39 is 0 Å². The molecule has 8 nitrogen and oxygen atoms in total. The van der Waals surface area contributed by atoms with Crippen LogP contribution in [-0.4, -0.2) is 61.2 Å². The molecule has 1 saturated carbocycles. The fourth-order valence-electron chi connectivity index (χ4n) is 4.77. The summed E-state index contributed by atoms with van der Waals surface area (Å²) in [6.07, 6.45) is 7.91. The van der Waals surface area contributed by atoms with Crippen molar-refractivity contribution in [2.45, 2.75) is 51.7 Å². The van der Waals surface area contributed by atoms with Crippen LogP contribution in [-0.2, 0) is 6.54 Å². The highest BCUT2D eigenvalue weighted by atomic mass is 35.5. The van der Waals surface area contributed by atoms with E-state index in [0.717, 1.165) is 55.0 Å². The van der Waals surface area contributed by atoms with E-state index in [1.807, 2.05) is 35.0 Å². The lowest BCUT2D eigenvalue weighted by molar-refractivity contribution is 0.194. The second-order valence-electron chi connectivity index (χ2n) is 10.3. The van der Waals surface area contributed by atoms with Crippen molar-refractivity contribution in [2.24, 2.45) is 0 Å². The molecule has 2 aliphatic rings. The average Bonchev–Trinajstić information content (AvgIpc) is 3.24. The summed E-state index contributed by atoms with van der Waals surface area (Å²) in [6, 6.07) is 9.83. The monoisotopic (exact) mass is 518 g/mol. The second-order valence-corrected chi connectivity index (χ2v) is 10.7. The average molecular weight is 519 g/mol. The number of aromatic nitrogens is 5. The third-order valence-electron chi connectivity index (χ3n) is 7.14. The SMILES string of the molecule is Cc1ccnc(Cn2c(-c3ccc(OCCN4CCCC4)cc3Cl)nc3c(OC4(C)CC4)ncnc32)c1. The highest BCUT2D eigenvalue weighted by Gasteiger charge is 2.41. The van der Waals surface area contributed by atoms with Crippen molar-refractivity contribution >= 4 is 22.8 Å². The van der Waals surface area contributed by atoms with Crippen LogP contribution in [0, 0.1) is 6.92 Å². The van der Waals surface area contributed by atoms with Crippen LogP contribution in [0.25, 0.3) is 22.6 Å². The zero-order valence-corrected chi connectivity index (χ0v) is 22.0. The van der Waals surface area contributed by atoms with Gasteiger partial charge < -0.3 is 14.0 Å². The molecule has 192 valence electrons. The number of likely N-dealkylation sites (tertiary alicyclic amines) is 1. The highest BCUT2D eigenvalue weighted by Crippen LogP contribution is 2.41. The number of imidazole rings is 1. The number of pyridine rings is 1. The number of aryl methyl sites for hydroxylation is 1. The number of rotatable bonds is 9. The van der Waals surface area contributed by atoms with Crippen molar-refractivity contribution in [3.8, 4) is 23.0 Å². The number of benzene rings is 1. The maximum Gasteiger partial charge on any atom is 0.245 e. The van der Waals surface area contributed by atoms with Gasteiger partial charge in [0.15, 0.2) is 11.2 Å². The summed E-state index contributed by atoms with van der Waals surface area (Å²) in [5.74, 6) is 1.94. The zero-order chi connectivity index (χ0) is 25.4. The van der Waals surface area contributed by atoms with Crippen molar-refractivity contribution in [1.29, 1.82) is 0 Å². The molecule has 0 amide bonds. The Labute approximate surface area is 221 Å². The maximum absolute atomic E-state index is 6.83. The van der Waals surface area contributed by atoms with Crippen molar-refractivity contribution in [3.63, 3.8) is 0 Å². The molecule has 0 bridgehead atoms. The Morgan fingerprint density at radius 2 is 1.89 bits per heavy atom. The molecule has 0 unspecified atom stereocenters. The maximum atomic E-state index is 6.83. The van der Waals surface area contributed by atoms with Gasteiger partial charge in [0.1, 0.15) is 30.1 Å². The summed E-state index contributed by atoms with van der Waals surface area (Å²) >= 11 is 6.83. The predicted octanol–water partition coefficient (Wildman–Crippen LogP) is 5.30. The Morgan fingerprint density at radius 3 is 2.65 bits per heavy atom. The van der Waals surface area contributed by atoms with Gasteiger partial charge in [0, 0.05) is 18.3 Å². The highest BCUT2D eigenvalue weighted by molar-refractivity contribution is 6.33. The molecule has 0 spiro atoms.